The van der Waals surface area contributed by atoms with Crippen LogP contribution in [0.5, 0.6) is 0 Å². The summed E-state index contributed by atoms with van der Waals surface area (Å²) in [5, 5.41) is 8.61. The normalized spacial score (nSPS) is 17.8. The lowest BCUT2D eigenvalue weighted by Crippen LogP contribution is -2.40. The van der Waals surface area contributed by atoms with Crippen LogP contribution in [0.3, 0.4) is 0 Å². The number of rotatable bonds is 5. The van der Waals surface area contributed by atoms with Crippen molar-refractivity contribution in [3.8, 4) is 0 Å². The van der Waals surface area contributed by atoms with Crippen LogP contribution in [0.15, 0.2) is 83.4 Å². The fraction of sp³-hybridized carbons (Fsp3) is 0.231. The topological polar surface area (TPSA) is 61.4 Å². The Balaban J connectivity index is 1.52. The number of Topliss-reactive ketones (excluding diaryl/α,β-unsaturated/α-hetero) is 1. The lowest BCUT2D eigenvalue weighted by Gasteiger charge is -2.34. The molecule has 1 aliphatic carbocycles. The van der Waals surface area contributed by atoms with E-state index in [1.807, 2.05) is 66.0 Å². The van der Waals surface area contributed by atoms with Gasteiger partial charge in [0.1, 0.15) is 0 Å². The Hall–Kier alpha value is -3.38. The van der Waals surface area contributed by atoms with E-state index in [0.29, 0.717) is 13.0 Å². The van der Waals surface area contributed by atoms with Gasteiger partial charge in [0, 0.05) is 29.1 Å². The number of nitrogens with zero attached hydrogens (tertiary/aromatic N) is 1. The molecular formula is C26H25N3O2S. The van der Waals surface area contributed by atoms with E-state index in [1.165, 1.54) is 0 Å². The molecule has 5 rings (SSSR count). The number of hydrogen-bond acceptors (Lipinski definition) is 5. The quantitative estimate of drug-likeness (QED) is 0.580. The van der Waals surface area contributed by atoms with E-state index < -0.39 is 0 Å². The lowest BCUT2D eigenvalue weighted by atomic mass is 9.88. The summed E-state index contributed by atoms with van der Waals surface area (Å²) in [5.41, 5.74) is 4.71. The molecule has 6 heteroatoms. The molecule has 0 fully saturated rings. The zero-order chi connectivity index (χ0) is 21.9. The van der Waals surface area contributed by atoms with Crippen LogP contribution in [0.2, 0.25) is 0 Å². The van der Waals surface area contributed by atoms with Gasteiger partial charge in [0.25, 0.3) is 0 Å². The van der Waals surface area contributed by atoms with Gasteiger partial charge in [-0.15, -0.1) is 11.3 Å². The van der Waals surface area contributed by atoms with Crippen molar-refractivity contribution in [2.75, 3.05) is 16.8 Å². The highest BCUT2D eigenvalue weighted by Crippen LogP contribution is 2.45. The van der Waals surface area contributed by atoms with E-state index in [1.54, 1.807) is 11.3 Å². The number of carbonyl (C=O) groups excluding carboxylic acids is 2. The Morgan fingerprint density at radius 1 is 1.03 bits per heavy atom. The molecule has 1 atom stereocenters. The average Bonchev–Trinajstić information content (AvgIpc) is 3.30. The number of benzene rings is 2. The summed E-state index contributed by atoms with van der Waals surface area (Å²) in [6, 6.07) is 21.7. The first-order valence-electron chi connectivity index (χ1n) is 10.9. The highest BCUT2D eigenvalue weighted by molar-refractivity contribution is 7.10. The maximum Gasteiger partial charge on any atom is 0.239 e. The van der Waals surface area contributed by atoms with Crippen LogP contribution in [0.1, 0.15) is 35.7 Å². The first kappa shape index (κ1) is 20.5. The molecule has 1 aliphatic heterocycles. The van der Waals surface area contributed by atoms with Gasteiger partial charge in [0.05, 0.1) is 24.0 Å². The van der Waals surface area contributed by atoms with Gasteiger partial charge >= 0.3 is 0 Å². The summed E-state index contributed by atoms with van der Waals surface area (Å²) in [6.07, 6.45) is 2.24. The van der Waals surface area contributed by atoms with Crippen LogP contribution in [-0.4, -0.2) is 18.2 Å². The zero-order valence-corrected chi connectivity index (χ0v) is 18.5. The van der Waals surface area contributed by atoms with E-state index in [4.69, 9.17) is 0 Å². The maximum atomic E-state index is 13.2. The second-order valence-electron chi connectivity index (χ2n) is 8.12. The molecule has 1 amide bonds. The van der Waals surface area contributed by atoms with E-state index in [-0.39, 0.29) is 24.3 Å². The van der Waals surface area contributed by atoms with E-state index >= 15 is 0 Å². The minimum absolute atomic E-state index is 0.0717. The molecule has 1 aromatic heterocycles. The first-order chi connectivity index (χ1) is 15.7. The maximum absolute atomic E-state index is 13.2. The molecular weight excluding hydrogens is 418 g/mol. The highest BCUT2D eigenvalue weighted by Gasteiger charge is 2.37. The van der Waals surface area contributed by atoms with Crippen LogP contribution < -0.4 is 15.5 Å². The number of nitrogens with one attached hydrogen (secondary N) is 2. The smallest absolute Gasteiger partial charge is 0.239 e. The molecule has 0 saturated heterocycles. The number of carbonyl (C=O) groups is 2. The molecule has 162 valence electrons. The number of ketones is 1. The highest BCUT2D eigenvalue weighted by atomic mass is 32.1. The summed E-state index contributed by atoms with van der Waals surface area (Å²) in [7, 11) is 0. The summed E-state index contributed by atoms with van der Waals surface area (Å²) in [6.45, 7) is 0.641. The summed E-state index contributed by atoms with van der Waals surface area (Å²) < 4.78 is 0. The largest absolute Gasteiger partial charge is 0.357 e. The van der Waals surface area contributed by atoms with Crippen molar-refractivity contribution in [1.82, 2.24) is 5.32 Å². The molecule has 5 nitrogen and oxygen atoms in total. The van der Waals surface area contributed by atoms with Crippen molar-refractivity contribution in [2.24, 2.45) is 0 Å². The van der Waals surface area contributed by atoms with Crippen molar-refractivity contribution < 1.29 is 9.59 Å². The van der Waals surface area contributed by atoms with Gasteiger partial charge in [-0.05, 0) is 42.0 Å². The molecule has 2 heterocycles. The van der Waals surface area contributed by atoms with E-state index in [0.717, 1.165) is 45.9 Å². The molecule has 2 aliphatic rings. The summed E-state index contributed by atoms with van der Waals surface area (Å²) in [5.74, 6) is 0.0946. The van der Waals surface area contributed by atoms with Crippen molar-refractivity contribution in [3.63, 3.8) is 0 Å². The van der Waals surface area contributed by atoms with Crippen LogP contribution in [0, 0.1) is 0 Å². The molecule has 0 unspecified atom stereocenters. The molecule has 0 spiro atoms. The van der Waals surface area contributed by atoms with Gasteiger partial charge < -0.3 is 15.5 Å². The number of hydrogen-bond donors (Lipinski definition) is 2. The minimum Gasteiger partial charge on any atom is -0.357 e. The predicted molar refractivity (Wildman–Crippen MR) is 129 cm³/mol. The molecule has 0 saturated carbocycles. The molecule has 0 radical (unpaired) electrons. The van der Waals surface area contributed by atoms with Crippen LogP contribution in [0.4, 0.5) is 11.4 Å². The second-order valence-corrected chi connectivity index (χ2v) is 9.10. The molecule has 32 heavy (non-hydrogen) atoms. The summed E-state index contributed by atoms with van der Waals surface area (Å²) >= 11 is 1.62. The van der Waals surface area contributed by atoms with Gasteiger partial charge in [0.2, 0.25) is 5.91 Å². The lowest BCUT2D eigenvalue weighted by molar-refractivity contribution is -0.120. The fourth-order valence-corrected chi connectivity index (χ4v) is 5.37. The Morgan fingerprint density at radius 3 is 2.66 bits per heavy atom. The Morgan fingerprint density at radius 2 is 1.84 bits per heavy atom. The van der Waals surface area contributed by atoms with Gasteiger partial charge in [-0.3, -0.25) is 9.59 Å². The van der Waals surface area contributed by atoms with Gasteiger partial charge in [-0.2, -0.15) is 0 Å². The second kappa shape index (κ2) is 9.01. The third kappa shape index (κ3) is 4.06. The van der Waals surface area contributed by atoms with Gasteiger partial charge in [-0.1, -0.05) is 48.5 Å². The monoisotopic (exact) mass is 443 g/mol. The van der Waals surface area contributed by atoms with Gasteiger partial charge in [0.15, 0.2) is 5.78 Å². The molecule has 2 N–H and O–H groups in total. The van der Waals surface area contributed by atoms with E-state index in [2.05, 4.69) is 21.6 Å². The van der Waals surface area contributed by atoms with Crippen LogP contribution >= 0.6 is 11.3 Å². The average molecular weight is 444 g/mol. The molecule has 0 bridgehead atoms. The predicted octanol–water partition coefficient (Wildman–Crippen LogP) is 5.04. The van der Waals surface area contributed by atoms with Crippen LogP contribution in [0.25, 0.3) is 0 Å². The molecule has 3 aromatic rings. The minimum atomic E-state index is -0.281. The molecule has 2 aromatic carbocycles. The van der Waals surface area contributed by atoms with Crippen molar-refractivity contribution in [2.45, 2.75) is 31.8 Å². The van der Waals surface area contributed by atoms with E-state index in [9.17, 15) is 9.59 Å². The Labute approximate surface area is 191 Å². The van der Waals surface area contributed by atoms with Crippen molar-refractivity contribution >= 4 is 34.4 Å². The standard InChI is InChI=1S/C26H25N3O2S/c30-22-13-6-11-20-25(22)26(23-14-7-15-32-23)29(21-12-5-4-10-19(21)28-20)17-24(31)27-16-18-8-2-1-3-9-18/h1-5,7-10,12,14-15,26,28H,6,11,13,16-17H2,(H,27,31)/t26-/m0/s1. The van der Waals surface area contributed by atoms with Crippen molar-refractivity contribution in [3.05, 3.63) is 93.8 Å². The number of amides is 1. The van der Waals surface area contributed by atoms with Gasteiger partial charge in [-0.25, -0.2) is 0 Å². The summed E-state index contributed by atoms with van der Waals surface area (Å²) in [4.78, 5) is 29.4. The first-order valence-corrected chi connectivity index (χ1v) is 11.8. The number of anilines is 2. The number of para-hydroxylation sites is 2. The third-order valence-corrected chi connectivity index (χ3v) is 6.92. The van der Waals surface area contributed by atoms with Crippen LogP contribution in [-0.2, 0) is 16.1 Å². The SMILES string of the molecule is O=C(CN1c2ccccc2NC2=C(C(=O)CCC2)[C@@H]1c1cccs1)NCc1ccccc1. The number of thiophene rings is 1. The zero-order valence-electron chi connectivity index (χ0n) is 17.7. The number of allylic oxidation sites excluding steroid dienone is 1. The van der Waals surface area contributed by atoms with Crippen molar-refractivity contribution in [1.29, 1.82) is 0 Å². The fourth-order valence-electron chi connectivity index (χ4n) is 4.52. The third-order valence-electron chi connectivity index (χ3n) is 6.00. The number of fused-ring (bicyclic) bond motifs is 1. The Bertz CT molecular complexity index is 1150. The Kier molecular flexibility index (Phi) is 5.77.